The van der Waals surface area contributed by atoms with Crippen molar-refractivity contribution in [2.45, 2.75) is 45.4 Å². The molecular weight excluding hydrogens is 248 g/mol. The molecule has 3 nitrogen and oxygen atoms in total. The van der Waals surface area contributed by atoms with Crippen LogP contribution in [-0.4, -0.2) is 12.1 Å². The van der Waals surface area contributed by atoms with Crippen molar-refractivity contribution in [3.8, 4) is 0 Å². The van der Waals surface area contributed by atoms with Gasteiger partial charge in [0.05, 0.1) is 0 Å². The van der Waals surface area contributed by atoms with Crippen molar-refractivity contribution < 1.29 is 4.79 Å². The summed E-state index contributed by atoms with van der Waals surface area (Å²) in [5, 5.41) is 3.89. The molecule has 0 aromatic heterocycles. The van der Waals surface area contributed by atoms with Crippen LogP contribution in [0.1, 0.15) is 51.0 Å². The fourth-order valence-corrected chi connectivity index (χ4v) is 1.82. The summed E-state index contributed by atoms with van der Waals surface area (Å²) in [5.41, 5.74) is 3.65. The van der Waals surface area contributed by atoms with Gasteiger partial charge in [0.1, 0.15) is 0 Å². The molecule has 3 heteroatoms. The molecule has 1 rings (SSSR count). The minimum Gasteiger partial charge on any atom is -0.273 e. The molecule has 0 heterocycles. The van der Waals surface area contributed by atoms with E-state index in [0.717, 1.165) is 18.4 Å². The summed E-state index contributed by atoms with van der Waals surface area (Å²) in [6, 6.07) is 9.97. The molecule has 20 heavy (non-hydrogen) atoms. The van der Waals surface area contributed by atoms with Crippen LogP contribution in [0.2, 0.25) is 0 Å². The van der Waals surface area contributed by atoms with Gasteiger partial charge in [-0.3, -0.25) is 4.79 Å². The Kier molecular flexibility index (Phi) is 8.86. The van der Waals surface area contributed by atoms with E-state index in [9.17, 15) is 4.79 Å². The summed E-state index contributed by atoms with van der Waals surface area (Å²) in [7, 11) is 0. The van der Waals surface area contributed by atoms with Crippen LogP contribution in [0.3, 0.4) is 0 Å². The second-order valence-corrected chi connectivity index (χ2v) is 4.75. The number of hydrogen-bond donors (Lipinski definition) is 1. The minimum absolute atomic E-state index is 0.00846. The van der Waals surface area contributed by atoms with Crippen molar-refractivity contribution in [3.05, 3.63) is 42.0 Å². The summed E-state index contributed by atoms with van der Waals surface area (Å²) in [6.45, 7) is 2.18. The Bertz CT molecular complexity index is 424. The van der Waals surface area contributed by atoms with E-state index in [0.29, 0.717) is 6.42 Å². The van der Waals surface area contributed by atoms with E-state index in [1.54, 1.807) is 6.21 Å². The third-order valence-electron chi connectivity index (χ3n) is 2.95. The molecule has 1 amide bonds. The predicted octanol–water partition coefficient (Wildman–Crippen LogP) is 4.16. The zero-order chi connectivity index (χ0) is 14.5. The highest BCUT2D eigenvalue weighted by Gasteiger charge is 1.98. The Hall–Kier alpha value is -1.90. The molecule has 0 unspecified atom stereocenters. The van der Waals surface area contributed by atoms with E-state index >= 15 is 0 Å². The fraction of sp³-hybridized carbons (Fsp3) is 0.412. The number of amides is 1. The summed E-state index contributed by atoms with van der Waals surface area (Å²) in [6.07, 6.45) is 11.7. The Morgan fingerprint density at radius 1 is 1.15 bits per heavy atom. The molecule has 0 aliphatic heterocycles. The zero-order valence-corrected chi connectivity index (χ0v) is 12.2. The third-order valence-corrected chi connectivity index (χ3v) is 2.95. The normalized spacial score (nSPS) is 11.2. The maximum absolute atomic E-state index is 11.5. The van der Waals surface area contributed by atoms with Crippen molar-refractivity contribution in [1.29, 1.82) is 0 Å². The first-order valence-corrected chi connectivity index (χ1v) is 7.36. The van der Waals surface area contributed by atoms with Gasteiger partial charge in [0.15, 0.2) is 0 Å². The highest BCUT2D eigenvalue weighted by molar-refractivity contribution is 5.81. The van der Waals surface area contributed by atoms with Gasteiger partial charge in [-0.25, -0.2) is 5.43 Å². The van der Waals surface area contributed by atoms with Gasteiger partial charge in [-0.05, 0) is 18.1 Å². The topological polar surface area (TPSA) is 41.5 Å². The van der Waals surface area contributed by atoms with Crippen LogP contribution in [0, 0.1) is 0 Å². The van der Waals surface area contributed by atoms with Crippen LogP contribution < -0.4 is 5.43 Å². The third kappa shape index (κ3) is 8.25. The maximum atomic E-state index is 11.5. The van der Waals surface area contributed by atoms with Crippen LogP contribution in [0.5, 0.6) is 0 Å². The lowest BCUT2D eigenvalue weighted by atomic mass is 10.1. The molecular formula is C17H24N2O. The number of hydrogen-bond acceptors (Lipinski definition) is 2. The number of unbranched alkanes of at least 4 members (excludes halogenated alkanes) is 4. The maximum Gasteiger partial charge on any atom is 0.240 e. The van der Waals surface area contributed by atoms with E-state index in [2.05, 4.69) is 17.5 Å². The standard InChI is InChI=1S/C17H24N2O/c1-2-3-4-5-9-14-17(20)19-18-15-10-13-16-11-7-6-8-12-16/h6-8,10-13,15H,2-5,9,14H2,1H3,(H,19,20)/b13-10+,18-15-. The quantitative estimate of drug-likeness (QED) is 0.409. The Morgan fingerprint density at radius 2 is 1.90 bits per heavy atom. The second-order valence-electron chi connectivity index (χ2n) is 4.75. The number of benzene rings is 1. The van der Waals surface area contributed by atoms with Gasteiger partial charge in [0.2, 0.25) is 5.91 Å². The Morgan fingerprint density at radius 3 is 2.65 bits per heavy atom. The molecule has 1 aromatic rings. The van der Waals surface area contributed by atoms with Gasteiger partial charge >= 0.3 is 0 Å². The molecule has 0 fully saturated rings. The molecule has 1 N–H and O–H groups in total. The van der Waals surface area contributed by atoms with E-state index in [-0.39, 0.29) is 5.91 Å². The molecule has 0 atom stereocenters. The number of nitrogens with zero attached hydrogens (tertiary/aromatic N) is 1. The van der Waals surface area contributed by atoms with E-state index in [4.69, 9.17) is 0 Å². The van der Waals surface area contributed by atoms with Gasteiger partial charge in [-0.15, -0.1) is 0 Å². The summed E-state index contributed by atoms with van der Waals surface area (Å²) in [4.78, 5) is 11.5. The van der Waals surface area contributed by atoms with E-state index in [1.807, 2.05) is 42.5 Å². The lowest BCUT2D eigenvalue weighted by molar-refractivity contribution is -0.121. The first-order valence-electron chi connectivity index (χ1n) is 7.36. The van der Waals surface area contributed by atoms with E-state index < -0.39 is 0 Å². The number of allylic oxidation sites excluding steroid dienone is 1. The summed E-state index contributed by atoms with van der Waals surface area (Å²) >= 11 is 0. The van der Waals surface area contributed by atoms with E-state index in [1.165, 1.54) is 19.3 Å². The number of carbonyl (C=O) groups is 1. The molecule has 0 aliphatic rings. The lowest BCUT2D eigenvalue weighted by Gasteiger charge is -1.99. The monoisotopic (exact) mass is 272 g/mol. The number of carbonyl (C=O) groups excluding carboxylic acids is 1. The first-order chi connectivity index (χ1) is 9.83. The van der Waals surface area contributed by atoms with Crippen molar-refractivity contribution in [2.75, 3.05) is 0 Å². The second kappa shape index (κ2) is 11.0. The van der Waals surface area contributed by atoms with Crippen LogP contribution in [-0.2, 0) is 4.79 Å². The zero-order valence-electron chi connectivity index (χ0n) is 12.2. The average molecular weight is 272 g/mol. The smallest absolute Gasteiger partial charge is 0.240 e. The van der Waals surface area contributed by atoms with Crippen LogP contribution in [0.25, 0.3) is 6.08 Å². The molecule has 0 saturated carbocycles. The summed E-state index contributed by atoms with van der Waals surface area (Å²) in [5.74, 6) is -0.00846. The van der Waals surface area contributed by atoms with Gasteiger partial charge < -0.3 is 0 Å². The molecule has 0 radical (unpaired) electrons. The highest BCUT2D eigenvalue weighted by atomic mass is 16.2. The molecule has 0 saturated heterocycles. The SMILES string of the molecule is CCCCCCCC(=O)N/N=C\C=C\c1ccccc1. The molecule has 108 valence electrons. The lowest BCUT2D eigenvalue weighted by Crippen LogP contribution is -2.16. The van der Waals surface area contributed by atoms with Crippen LogP contribution in [0.15, 0.2) is 41.5 Å². The van der Waals surface area contributed by atoms with Crippen molar-refractivity contribution in [1.82, 2.24) is 5.43 Å². The number of hydrazone groups is 1. The summed E-state index contributed by atoms with van der Waals surface area (Å²) < 4.78 is 0. The van der Waals surface area contributed by atoms with Gasteiger partial charge in [-0.2, -0.15) is 5.10 Å². The molecule has 0 spiro atoms. The molecule has 0 aliphatic carbocycles. The Labute approximate surface area is 121 Å². The molecule has 0 bridgehead atoms. The average Bonchev–Trinajstić information content (AvgIpc) is 2.48. The largest absolute Gasteiger partial charge is 0.273 e. The van der Waals surface area contributed by atoms with Crippen molar-refractivity contribution in [2.24, 2.45) is 5.10 Å². The van der Waals surface area contributed by atoms with Crippen LogP contribution in [0.4, 0.5) is 0 Å². The van der Waals surface area contributed by atoms with Crippen molar-refractivity contribution >= 4 is 18.2 Å². The van der Waals surface area contributed by atoms with Gasteiger partial charge in [0.25, 0.3) is 0 Å². The number of rotatable bonds is 9. The Balaban J connectivity index is 2.11. The number of nitrogens with one attached hydrogen (secondary N) is 1. The molecule has 1 aromatic carbocycles. The van der Waals surface area contributed by atoms with Gasteiger partial charge in [-0.1, -0.05) is 69.0 Å². The van der Waals surface area contributed by atoms with Crippen LogP contribution >= 0.6 is 0 Å². The van der Waals surface area contributed by atoms with Gasteiger partial charge in [0, 0.05) is 12.6 Å². The fourth-order valence-electron chi connectivity index (χ4n) is 1.82. The predicted molar refractivity (Wildman–Crippen MR) is 85.5 cm³/mol. The van der Waals surface area contributed by atoms with Crippen molar-refractivity contribution in [3.63, 3.8) is 0 Å². The first kappa shape index (κ1) is 16.2. The highest BCUT2D eigenvalue weighted by Crippen LogP contribution is 2.04. The minimum atomic E-state index is -0.00846.